The Balaban J connectivity index is 2.66. The summed E-state index contributed by atoms with van der Waals surface area (Å²) in [4.78, 5) is 5.93. The van der Waals surface area contributed by atoms with E-state index in [1.54, 1.807) is 0 Å². The van der Waals surface area contributed by atoms with E-state index in [-0.39, 0.29) is 5.82 Å². The Morgan fingerprint density at radius 2 is 2.24 bits per heavy atom. The molecule has 1 aromatic rings. The normalized spacial score (nSPS) is 10.9. The van der Waals surface area contributed by atoms with Gasteiger partial charge in [0.15, 0.2) is 11.6 Å². The fourth-order valence-electron chi connectivity index (χ4n) is 1.54. The minimum atomic E-state index is -0.371. The molecule has 0 saturated heterocycles. The van der Waals surface area contributed by atoms with Gasteiger partial charge in [0.05, 0.1) is 5.02 Å². The summed E-state index contributed by atoms with van der Waals surface area (Å²) < 4.78 is 13.7. The largest absolute Gasteiger partial charge is 0.353 e. The quantitative estimate of drug-likeness (QED) is 0.851. The smallest absolute Gasteiger partial charge is 0.167 e. The molecule has 0 fully saturated rings. The van der Waals surface area contributed by atoms with Crippen LogP contribution in [0.1, 0.15) is 20.8 Å². The lowest BCUT2D eigenvalue weighted by Crippen LogP contribution is -2.35. The molecule has 0 aliphatic rings. The minimum Gasteiger partial charge on any atom is -0.353 e. The molecule has 0 aliphatic carbocycles. The van der Waals surface area contributed by atoms with Crippen molar-refractivity contribution in [3.05, 3.63) is 23.1 Å². The Morgan fingerprint density at radius 3 is 2.76 bits per heavy atom. The first kappa shape index (κ1) is 14.2. The molecule has 0 saturated carbocycles. The van der Waals surface area contributed by atoms with Crippen LogP contribution in [0.4, 0.5) is 10.2 Å². The van der Waals surface area contributed by atoms with Crippen LogP contribution in [0.15, 0.2) is 12.3 Å². The van der Waals surface area contributed by atoms with E-state index in [0.29, 0.717) is 23.4 Å². The molecule has 0 amide bonds. The maximum Gasteiger partial charge on any atom is 0.167 e. The van der Waals surface area contributed by atoms with Crippen LogP contribution < -0.4 is 10.2 Å². The summed E-state index contributed by atoms with van der Waals surface area (Å²) in [5.41, 5.74) is 0. The predicted octanol–water partition coefficient (Wildman–Crippen LogP) is 2.70. The standard InChI is InChI=1S/C12H19ClFN3/c1-4-17(6-5-15-9(2)3)12-11(14)7-10(13)8-16-12/h7-9,15H,4-6H2,1-3H3. The zero-order chi connectivity index (χ0) is 12.8. The highest BCUT2D eigenvalue weighted by Gasteiger charge is 2.11. The van der Waals surface area contributed by atoms with Gasteiger partial charge in [0.1, 0.15) is 0 Å². The van der Waals surface area contributed by atoms with Crippen LogP contribution in [0.5, 0.6) is 0 Å². The van der Waals surface area contributed by atoms with E-state index in [2.05, 4.69) is 24.1 Å². The van der Waals surface area contributed by atoms with Crippen molar-refractivity contribution in [3.8, 4) is 0 Å². The number of anilines is 1. The molecule has 0 radical (unpaired) electrons. The van der Waals surface area contributed by atoms with Gasteiger partial charge in [-0.25, -0.2) is 9.37 Å². The summed E-state index contributed by atoms with van der Waals surface area (Å²) in [5.74, 6) is -0.00801. The Hall–Kier alpha value is -0.870. The molecule has 1 rings (SSSR count). The van der Waals surface area contributed by atoms with Crippen molar-refractivity contribution in [1.82, 2.24) is 10.3 Å². The van der Waals surface area contributed by atoms with Gasteiger partial charge in [-0.15, -0.1) is 0 Å². The van der Waals surface area contributed by atoms with E-state index in [0.717, 1.165) is 13.1 Å². The fraction of sp³-hybridized carbons (Fsp3) is 0.583. The molecule has 17 heavy (non-hydrogen) atoms. The van der Waals surface area contributed by atoms with Crippen molar-refractivity contribution < 1.29 is 4.39 Å². The summed E-state index contributed by atoms with van der Waals surface area (Å²) in [7, 11) is 0. The van der Waals surface area contributed by atoms with Crippen LogP contribution in [0, 0.1) is 5.82 Å². The van der Waals surface area contributed by atoms with Crippen LogP contribution in [-0.2, 0) is 0 Å². The average Bonchev–Trinajstić information content (AvgIpc) is 2.25. The number of nitrogens with zero attached hydrogens (tertiary/aromatic N) is 2. The number of hydrogen-bond acceptors (Lipinski definition) is 3. The minimum absolute atomic E-state index is 0.322. The van der Waals surface area contributed by atoms with Gasteiger partial charge in [-0.3, -0.25) is 0 Å². The van der Waals surface area contributed by atoms with Crippen molar-refractivity contribution in [2.45, 2.75) is 26.8 Å². The Kier molecular flexibility index (Phi) is 5.65. The molecule has 1 N–H and O–H groups in total. The molecule has 0 aromatic carbocycles. The number of halogens is 2. The number of pyridine rings is 1. The Morgan fingerprint density at radius 1 is 1.53 bits per heavy atom. The molecule has 5 heteroatoms. The maximum absolute atomic E-state index is 13.7. The fourth-order valence-corrected chi connectivity index (χ4v) is 1.69. The summed E-state index contributed by atoms with van der Waals surface area (Å²) >= 11 is 5.68. The molecule has 0 unspecified atom stereocenters. The molecule has 1 aromatic heterocycles. The molecular weight excluding hydrogens is 241 g/mol. The van der Waals surface area contributed by atoms with E-state index in [4.69, 9.17) is 11.6 Å². The lowest BCUT2D eigenvalue weighted by atomic mass is 10.3. The number of rotatable bonds is 6. The van der Waals surface area contributed by atoms with Crippen molar-refractivity contribution >= 4 is 17.4 Å². The number of likely N-dealkylation sites (N-methyl/N-ethyl adjacent to an activating group) is 1. The number of hydrogen-bond donors (Lipinski definition) is 1. The molecule has 3 nitrogen and oxygen atoms in total. The summed E-state index contributed by atoms with van der Waals surface area (Å²) in [5, 5.41) is 3.61. The summed E-state index contributed by atoms with van der Waals surface area (Å²) in [6.45, 7) is 8.38. The monoisotopic (exact) mass is 259 g/mol. The molecular formula is C12H19ClFN3. The molecule has 0 atom stereocenters. The summed E-state index contributed by atoms with van der Waals surface area (Å²) in [6.07, 6.45) is 1.47. The SMILES string of the molecule is CCN(CCNC(C)C)c1ncc(Cl)cc1F. The first-order valence-corrected chi connectivity index (χ1v) is 6.21. The van der Waals surface area contributed by atoms with Crippen molar-refractivity contribution in [2.75, 3.05) is 24.5 Å². The number of nitrogens with one attached hydrogen (secondary N) is 1. The highest BCUT2D eigenvalue weighted by atomic mass is 35.5. The van der Waals surface area contributed by atoms with E-state index < -0.39 is 0 Å². The average molecular weight is 260 g/mol. The second-order valence-corrected chi connectivity index (χ2v) is 4.58. The van der Waals surface area contributed by atoms with Gasteiger partial charge in [0.2, 0.25) is 0 Å². The molecule has 0 bridgehead atoms. The topological polar surface area (TPSA) is 28.2 Å². The number of aromatic nitrogens is 1. The van der Waals surface area contributed by atoms with Gasteiger partial charge in [0, 0.05) is 31.9 Å². The van der Waals surface area contributed by atoms with Crippen molar-refractivity contribution in [2.24, 2.45) is 0 Å². The third kappa shape index (κ3) is 4.48. The van der Waals surface area contributed by atoms with Gasteiger partial charge in [-0.1, -0.05) is 25.4 Å². The van der Waals surface area contributed by atoms with Gasteiger partial charge in [-0.2, -0.15) is 0 Å². The lowest BCUT2D eigenvalue weighted by molar-refractivity contribution is 0.570. The van der Waals surface area contributed by atoms with Gasteiger partial charge in [-0.05, 0) is 13.0 Å². The Labute approximate surface area is 107 Å². The van der Waals surface area contributed by atoms with E-state index in [1.165, 1.54) is 12.3 Å². The van der Waals surface area contributed by atoms with Gasteiger partial charge in [0.25, 0.3) is 0 Å². The van der Waals surface area contributed by atoms with Crippen LogP contribution in [-0.4, -0.2) is 30.7 Å². The summed E-state index contributed by atoms with van der Waals surface area (Å²) in [6, 6.07) is 1.72. The zero-order valence-electron chi connectivity index (χ0n) is 10.5. The first-order valence-electron chi connectivity index (χ1n) is 5.84. The van der Waals surface area contributed by atoms with Crippen LogP contribution in [0.25, 0.3) is 0 Å². The predicted molar refractivity (Wildman–Crippen MR) is 70.2 cm³/mol. The van der Waals surface area contributed by atoms with E-state index >= 15 is 0 Å². The van der Waals surface area contributed by atoms with Crippen LogP contribution in [0.2, 0.25) is 5.02 Å². The second-order valence-electron chi connectivity index (χ2n) is 4.15. The first-order chi connectivity index (χ1) is 8.04. The van der Waals surface area contributed by atoms with Crippen LogP contribution in [0.3, 0.4) is 0 Å². The van der Waals surface area contributed by atoms with Crippen molar-refractivity contribution in [3.63, 3.8) is 0 Å². The molecule has 0 aliphatic heterocycles. The molecule has 0 spiro atoms. The van der Waals surface area contributed by atoms with E-state index in [9.17, 15) is 4.39 Å². The third-order valence-corrected chi connectivity index (χ3v) is 2.61. The lowest BCUT2D eigenvalue weighted by Gasteiger charge is -2.23. The highest BCUT2D eigenvalue weighted by molar-refractivity contribution is 6.30. The third-order valence-electron chi connectivity index (χ3n) is 2.40. The van der Waals surface area contributed by atoms with Gasteiger partial charge < -0.3 is 10.2 Å². The molecule has 96 valence electrons. The van der Waals surface area contributed by atoms with Crippen LogP contribution >= 0.6 is 11.6 Å². The van der Waals surface area contributed by atoms with Gasteiger partial charge >= 0.3 is 0 Å². The highest BCUT2D eigenvalue weighted by Crippen LogP contribution is 2.19. The Bertz CT molecular complexity index is 358. The van der Waals surface area contributed by atoms with Crippen molar-refractivity contribution in [1.29, 1.82) is 0 Å². The maximum atomic E-state index is 13.7. The zero-order valence-corrected chi connectivity index (χ0v) is 11.3. The molecule has 1 heterocycles. The second kappa shape index (κ2) is 6.77. The van der Waals surface area contributed by atoms with E-state index in [1.807, 2.05) is 11.8 Å².